The zero-order valence-corrected chi connectivity index (χ0v) is 18.6. The van der Waals surface area contributed by atoms with E-state index in [4.69, 9.17) is 0 Å². The van der Waals surface area contributed by atoms with Gasteiger partial charge in [-0.15, -0.1) is 0 Å². The van der Waals surface area contributed by atoms with E-state index >= 15 is 0 Å². The zero-order chi connectivity index (χ0) is 21.8. The van der Waals surface area contributed by atoms with E-state index in [0.29, 0.717) is 35.6 Å². The minimum Gasteiger partial charge on any atom is -0.307 e. The van der Waals surface area contributed by atoms with Crippen LogP contribution in [-0.2, 0) is 26.3 Å². The number of nitrogens with one attached hydrogen (secondary N) is 1. The monoisotopic (exact) mass is 452 g/mol. The number of fused-ring (bicyclic) bond motifs is 1. The first-order chi connectivity index (χ1) is 13.9. The first-order valence-electron chi connectivity index (χ1n) is 9.65. The van der Waals surface area contributed by atoms with Crippen LogP contribution in [0.3, 0.4) is 0 Å². The maximum Gasteiger partial charge on any atom is 0.256 e. The van der Waals surface area contributed by atoms with Gasteiger partial charge in [-0.3, -0.25) is 9.10 Å². The molecule has 1 fully saturated rings. The Bertz CT molecular complexity index is 1230. The number of hydrogen-bond acceptors (Lipinski definition) is 6. The summed E-state index contributed by atoms with van der Waals surface area (Å²) in [5.74, 6) is 0.218. The number of sulfonamides is 1. The molecular weight excluding hydrogens is 428 g/mol. The predicted octanol–water partition coefficient (Wildman–Crippen LogP) is 1.51. The third kappa shape index (κ3) is 3.83. The normalized spacial score (nSPS) is 22.8. The maximum atomic E-state index is 12.9. The highest BCUT2D eigenvalue weighted by molar-refractivity contribution is 7.92. The summed E-state index contributed by atoms with van der Waals surface area (Å²) in [6.45, 7) is 3.62. The molecule has 1 N–H and O–H groups in total. The molecule has 0 saturated carbocycles. The van der Waals surface area contributed by atoms with Crippen LogP contribution in [-0.4, -0.2) is 56.3 Å². The molecule has 162 valence electrons. The van der Waals surface area contributed by atoms with Crippen molar-refractivity contribution in [2.75, 3.05) is 27.4 Å². The van der Waals surface area contributed by atoms with Crippen LogP contribution in [0, 0.1) is 6.92 Å². The summed E-state index contributed by atoms with van der Waals surface area (Å²) >= 11 is 0. The largest absolute Gasteiger partial charge is 0.307 e. The van der Waals surface area contributed by atoms with Crippen LogP contribution >= 0.6 is 0 Å². The van der Waals surface area contributed by atoms with Crippen LogP contribution in [0.15, 0.2) is 24.3 Å². The summed E-state index contributed by atoms with van der Waals surface area (Å²) < 4.78 is 50.8. The highest BCUT2D eigenvalue weighted by Crippen LogP contribution is 2.35. The molecule has 1 amide bonds. The van der Waals surface area contributed by atoms with Crippen molar-refractivity contribution in [3.05, 3.63) is 41.1 Å². The van der Waals surface area contributed by atoms with E-state index in [1.165, 1.54) is 10.6 Å². The molecule has 3 heterocycles. The van der Waals surface area contributed by atoms with Crippen LogP contribution in [0.2, 0.25) is 0 Å². The lowest BCUT2D eigenvalue weighted by atomic mass is 10.1. The molecule has 9 nitrogen and oxygen atoms in total. The summed E-state index contributed by atoms with van der Waals surface area (Å²) in [5.41, 5.74) is 2.48. The molecule has 2 unspecified atom stereocenters. The molecule has 2 aromatic rings. The Hall–Kier alpha value is -2.40. The van der Waals surface area contributed by atoms with Gasteiger partial charge < -0.3 is 5.32 Å². The molecule has 0 radical (unpaired) electrons. The van der Waals surface area contributed by atoms with Crippen molar-refractivity contribution < 1.29 is 21.6 Å². The molecule has 1 aromatic heterocycles. The van der Waals surface area contributed by atoms with Crippen LogP contribution in [0.5, 0.6) is 0 Å². The van der Waals surface area contributed by atoms with Gasteiger partial charge in [0.05, 0.1) is 35.2 Å². The van der Waals surface area contributed by atoms with Crippen molar-refractivity contribution in [2.45, 2.75) is 38.8 Å². The fraction of sp³-hybridized carbons (Fsp3) is 0.474. The van der Waals surface area contributed by atoms with Gasteiger partial charge in [0.1, 0.15) is 5.82 Å². The minimum atomic E-state index is -3.40. The first-order valence-corrected chi connectivity index (χ1v) is 13.3. The molecule has 2 aliphatic rings. The van der Waals surface area contributed by atoms with Crippen LogP contribution in [0.25, 0.3) is 0 Å². The van der Waals surface area contributed by atoms with Gasteiger partial charge in [-0.2, -0.15) is 5.10 Å². The summed E-state index contributed by atoms with van der Waals surface area (Å²) in [5, 5.41) is 7.20. The Morgan fingerprint density at radius 2 is 2.00 bits per heavy atom. The lowest BCUT2D eigenvalue weighted by Gasteiger charge is -2.22. The van der Waals surface area contributed by atoms with Gasteiger partial charge in [-0.1, -0.05) is 0 Å². The molecule has 30 heavy (non-hydrogen) atoms. The SMILES string of the molecule is Cc1cc(NC(=O)c2ccc3c(c2)CC(C)N3S(C)(=O)=O)n(C2CCS(=O)(=O)C2)n1. The molecule has 2 aliphatic heterocycles. The van der Waals surface area contributed by atoms with Gasteiger partial charge in [-0.05, 0) is 50.5 Å². The average molecular weight is 453 g/mol. The van der Waals surface area contributed by atoms with E-state index in [0.717, 1.165) is 5.56 Å². The number of benzene rings is 1. The Kier molecular flexibility index (Phi) is 4.93. The number of carbonyl (C=O) groups excluding carboxylic acids is 1. The Morgan fingerprint density at radius 3 is 2.63 bits per heavy atom. The Labute approximate surface area is 176 Å². The fourth-order valence-electron chi connectivity index (χ4n) is 4.29. The minimum absolute atomic E-state index is 0.00898. The van der Waals surface area contributed by atoms with E-state index in [9.17, 15) is 21.6 Å². The van der Waals surface area contributed by atoms with Crippen molar-refractivity contribution in [2.24, 2.45) is 0 Å². The average Bonchev–Trinajstić information content (AvgIpc) is 3.27. The van der Waals surface area contributed by atoms with Crippen molar-refractivity contribution in [1.82, 2.24) is 9.78 Å². The maximum absolute atomic E-state index is 12.9. The molecule has 1 saturated heterocycles. The number of anilines is 2. The van der Waals surface area contributed by atoms with Gasteiger partial charge in [0.2, 0.25) is 10.0 Å². The van der Waals surface area contributed by atoms with Crippen LogP contribution < -0.4 is 9.62 Å². The number of amides is 1. The molecule has 11 heteroatoms. The van der Waals surface area contributed by atoms with Crippen molar-refractivity contribution in [3.8, 4) is 0 Å². The van der Waals surface area contributed by atoms with Crippen molar-refractivity contribution >= 4 is 37.3 Å². The second-order valence-corrected chi connectivity index (χ2v) is 12.2. The quantitative estimate of drug-likeness (QED) is 0.751. The van der Waals surface area contributed by atoms with Crippen molar-refractivity contribution in [1.29, 1.82) is 0 Å². The highest BCUT2D eigenvalue weighted by Gasteiger charge is 2.34. The van der Waals surface area contributed by atoms with Gasteiger partial charge in [0, 0.05) is 17.7 Å². The third-order valence-electron chi connectivity index (χ3n) is 5.51. The summed E-state index contributed by atoms with van der Waals surface area (Å²) in [6.07, 6.45) is 2.16. The van der Waals surface area contributed by atoms with E-state index in [2.05, 4.69) is 10.4 Å². The molecule has 0 bridgehead atoms. The molecule has 2 atom stereocenters. The smallest absolute Gasteiger partial charge is 0.256 e. The molecular formula is C19H24N4O5S2. The molecule has 0 aliphatic carbocycles. The number of nitrogens with zero attached hydrogens (tertiary/aromatic N) is 3. The van der Waals surface area contributed by atoms with Gasteiger partial charge >= 0.3 is 0 Å². The Morgan fingerprint density at radius 1 is 1.27 bits per heavy atom. The number of rotatable bonds is 4. The Balaban J connectivity index is 1.59. The summed E-state index contributed by atoms with van der Waals surface area (Å²) in [6, 6.07) is 6.16. The third-order valence-corrected chi connectivity index (χ3v) is 8.53. The van der Waals surface area contributed by atoms with Crippen molar-refractivity contribution in [3.63, 3.8) is 0 Å². The summed E-state index contributed by atoms with van der Waals surface area (Å²) in [4.78, 5) is 12.9. The van der Waals surface area contributed by atoms with Crippen LogP contribution in [0.4, 0.5) is 11.5 Å². The molecule has 1 aromatic carbocycles. The highest BCUT2D eigenvalue weighted by atomic mass is 32.2. The fourth-order valence-corrected chi connectivity index (χ4v) is 7.25. The van der Waals surface area contributed by atoms with E-state index < -0.39 is 19.9 Å². The molecule has 4 rings (SSSR count). The second kappa shape index (κ2) is 7.09. The lowest BCUT2D eigenvalue weighted by Crippen LogP contribution is -2.34. The number of hydrogen-bond donors (Lipinski definition) is 1. The van der Waals surface area contributed by atoms with Gasteiger partial charge in [-0.25, -0.2) is 21.5 Å². The lowest BCUT2D eigenvalue weighted by molar-refractivity contribution is 0.102. The number of sulfone groups is 1. The standard InChI is InChI=1S/C19H24N4O5S2/c1-12-8-18(22(21-12)16-6-7-30(27,28)11-16)20-19(24)14-4-5-17-15(10-14)9-13(2)23(17)29(3,25)26/h4-5,8,10,13,16H,6-7,9,11H2,1-3H3,(H,20,24). The van der Waals surface area contributed by atoms with E-state index in [-0.39, 0.29) is 29.5 Å². The topological polar surface area (TPSA) is 118 Å². The second-order valence-electron chi connectivity index (χ2n) is 8.08. The van der Waals surface area contributed by atoms with E-state index in [1.54, 1.807) is 35.9 Å². The molecule has 0 spiro atoms. The van der Waals surface area contributed by atoms with Crippen LogP contribution in [0.1, 0.15) is 41.0 Å². The number of aryl methyl sites for hydroxylation is 1. The number of carbonyl (C=O) groups is 1. The van der Waals surface area contributed by atoms with E-state index in [1.807, 2.05) is 6.92 Å². The van der Waals surface area contributed by atoms with Gasteiger partial charge in [0.25, 0.3) is 5.91 Å². The number of aromatic nitrogens is 2. The van der Waals surface area contributed by atoms with Gasteiger partial charge in [0.15, 0.2) is 9.84 Å². The summed E-state index contributed by atoms with van der Waals surface area (Å²) in [7, 11) is -6.49. The first kappa shape index (κ1) is 20.9. The predicted molar refractivity (Wildman–Crippen MR) is 114 cm³/mol. The zero-order valence-electron chi connectivity index (χ0n) is 17.0.